The Labute approximate surface area is 343 Å². The SMILES string of the molecule is CC(CC(=O)C(C)NC(=O)CCCC(=O)NC(C)C(=O)CC(C)C(=O)NC(C)C(=O)CCCN1C(=O)CC(S)C1=O)C(=O)NC(C)C(=O)CCCN1C(=O)C=CC1=O. The minimum Gasteiger partial charge on any atom is -0.347 e. The second kappa shape index (κ2) is 23.4. The summed E-state index contributed by atoms with van der Waals surface area (Å²) in [6.07, 6.45) is 2.33. The van der Waals surface area contributed by atoms with Gasteiger partial charge in [-0.05, 0) is 47.0 Å². The van der Waals surface area contributed by atoms with Gasteiger partial charge in [0.15, 0.2) is 23.1 Å². The van der Waals surface area contributed by atoms with Crippen LogP contribution in [0.15, 0.2) is 12.2 Å². The van der Waals surface area contributed by atoms with Gasteiger partial charge in [-0.15, -0.1) is 0 Å². The van der Waals surface area contributed by atoms with Crippen molar-refractivity contribution in [2.75, 3.05) is 13.1 Å². The number of hydrogen-bond donors (Lipinski definition) is 5. The van der Waals surface area contributed by atoms with E-state index in [1.165, 1.54) is 41.5 Å². The first kappa shape index (κ1) is 49.1. The molecule has 4 N–H and O–H groups in total. The van der Waals surface area contributed by atoms with Crippen LogP contribution in [-0.4, -0.2) is 123 Å². The molecule has 0 saturated carbocycles. The summed E-state index contributed by atoms with van der Waals surface area (Å²) < 4.78 is 0. The molecule has 18 nitrogen and oxygen atoms in total. The average molecular weight is 833 g/mol. The number of thiol groups is 1. The number of carbonyl (C=O) groups is 12. The van der Waals surface area contributed by atoms with E-state index in [1.807, 2.05) is 0 Å². The smallest absolute Gasteiger partial charge is 0.253 e. The van der Waals surface area contributed by atoms with E-state index in [2.05, 4.69) is 33.9 Å². The van der Waals surface area contributed by atoms with Crippen LogP contribution in [0.4, 0.5) is 0 Å². The van der Waals surface area contributed by atoms with Crippen molar-refractivity contribution in [3.05, 3.63) is 12.2 Å². The molecule has 7 atom stereocenters. The van der Waals surface area contributed by atoms with Gasteiger partial charge in [-0.2, -0.15) is 12.6 Å². The number of imide groups is 2. The van der Waals surface area contributed by atoms with E-state index in [1.54, 1.807) is 0 Å². The van der Waals surface area contributed by atoms with Gasteiger partial charge >= 0.3 is 0 Å². The highest BCUT2D eigenvalue weighted by atomic mass is 32.1. The lowest BCUT2D eigenvalue weighted by Gasteiger charge is -2.19. The largest absolute Gasteiger partial charge is 0.347 e. The van der Waals surface area contributed by atoms with Gasteiger partial charge < -0.3 is 21.3 Å². The van der Waals surface area contributed by atoms with Gasteiger partial charge in [0, 0.05) is 82.0 Å². The molecule has 2 aliphatic rings. The average Bonchev–Trinajstić information content (AvgIpc) is 3.60. The Hall–Kier alpha value is -5.07. The van der Waals surface area contributed by atoms with Gasteiger partial charge in [0.2, 0.25) is 35.4 Å². The van der Waals surface area contributed by atoms with Crippen molar-refractivity contribution in [1.29, 1.82) is 0 Å². The van der Waals surface area contributed by atoms with Gasteiger partial charge in [0.05, 0.1) is 29.4 Å². The van der Waals surface area contributed by atoms with Gasteiger partial charge in [-0.25, -0.2) is 0 Å². The molecule has 19 heteroatoms. The maximum Gasteiger partial charge on any atom is 0.253 e. The van der Waals surface area contributed by atoms with E-state index in [4.69, 9.17) is 0 Å². The number of nitrogens with zero attached hydrogens (tertiary/aromatic N) is 2. The lowest BCUT2D eigenvalue weighted by Crippen LogP contribution is -2.44. The number of nitrogens with one attached hydrogen (secondary N) is 4. The molecular weight excluding hydrogens is 777 g/mol. The van der Waals surface area contributed by atoms with Gasteiger partial charge in [-0.3, -0.25) is 67.3 Å². The minimum absolute atomic E-state index is 0.0182. The zero-order valence-electron chi connectivity index (χ0n) is 33.9. The first-order valence-electron chi connectivity index (χ1n) is 19.5. The van der Waals surface area contributed by atoms with Crippen LogP contribution in [-0.2, 0) is 57.5 Å². The van der Waals surface area contributed by atoms with Crippen LogP contribution in [0.2, 0.25) is 0 Å². The van der Waals surface area contributed by atoms with Crippen molar-refractivity contribution < 1.29 is 57.5 Å². The molecule has 0 bridgehead atoms. The Morgan fingerprint density at radius 3 is 1.33 bits per heavy atom. The maximum atomic E-state index is 12.7. The van der Waals surface area contributed by atoms with Crippen molar-refractivity contribution in [3.8, 4) is 0 Å². The Morgan fingerprint density at radius 1 is 0.569 bits per heavy atom. The quantitative estimate of drug-likeness (QED) is 0.0572. The highest BCUT2D eigenvalue weighted by Gasteiger charge is 2.36. The van der Waals surface area contributed by atoms with Gasteiger partial charge in [0.25, 0.3) is 11.8 Å². The van der Waals surface area contributed by atoms with E-state index in [0.717, 1.165) is 22.0 Å². The highest BCUT2D eigenvalue weighted by molar-refractivity contribution is 7.81. The monoisotopic (exact) mass is 832 g/mol. The van der Waals surface area contributed by atoms with E-state index < -0.39 is 94.2 Å². The van der Waals surface area contributed by atoms with Crippen LogP contribution in [0.5, 0.6) is 0 Å². The summed E-state index contributed by atoms with van der Waals surface area (Å²) in [6, 6.07) is -3.59. The molecule has 0 aromatic rings. The van der Waals surface area contributed by atoms with Crippen LogP contribution in [0, 0.1) is 11.8 Å². The van der Waals surface area contributed by atoms with E-state index in [9.17, 15) is 57.5 Å². The molecule has 0 spiro atoms. The maximum absolute atomic E-state index is 12.7. The highest BCUT2D eigenvalue weighted by Crippen LogP contribution is 2.18. The summed E-state index contributed by atoms with van der Waals surface area (Å²) in [4.78, 5) is 150. The lowest BCUT2D eigenvalue weighted by atomic mass is 9.99. The molecule has 2 aliphatic heterocycles. The molecule has 320 valence electrons. The zero-order chi connectivity index (χ0) is 43.9. The van der Waals surface area contributed by atoms with Crippen molar-refractivity contribution in [2.45, 2.75) is 135 Å². The molecule has 0 radical (unpaired) electrons. The van der Waals surface area contributed by atoms with Crippen molar-refractivity contribution in [3.63, 3.8) is 0 Å². The molecule has 7 unspecified atom stereocenters. The number of likely N-dealkylation sites (tertiary alicyclic amines) is 1. The van der Waals surface area contributed by atoms with Crippen LogP contribution < -0.4 is 21.3 Å². The molecule has 0 aliphatic carbocycles. The summed E-state index contributed by atoms with van der Waals surface area (Å²) in [7, 11) is 0. The Morgan fingerprint density at radius 2 is 0.948 bits per heavy atom. The normalized spacial score (nSPS) is 18.2. The third kappa shape index (κ3) is 15.7. The second-order valence-electron chi connectivity index (χ2n) is 14.9. The van der Waals surface area contributed by atoms with Crippen LogP contribution in [0.1, 0.15) is 106 Å². The number of amides is 8. The summed E-state index contributed by atoms with van der Waals surface area (Å²) in [5.74, 6) is -6.77. The van der Waals surface area contributed by atoms with E-state index in [-0.39, 0.29) is 94.8 Å². The first-order chi connectivity index (χ1) is 27.1. The predicted octanol–water partition coefficient (Wildman–Crippen LogP) is 0.0470. The third-order valence-electron chi connectivity index (χ3n) is 9.85. The Kier molecular flexibility index (Phi) is 19.8. The van der Waals surface area contributed by atoms with Crippen molar-refractivity contribution in [2.24, 2.45) is 11.8 Å². The molecule has 2 rings (SSSR count). The molecule has 1 fully saturated rings. The fraction of sp³-hybridized carbons (Fsp3) is 0.641. The standard InChI is InChI=1S/C39H56N6O12S/c1-21(37(55)42-23(3)27(46)10-8-16-44-34(52)14-15-35(44)53)18-29(48)25(5)40-32(50)12-7-13-33(51)41-26(6)30(49)19-22(2)38(56)43-24(4)28(47)11-9-17-45-36(54)20-31(58)39(45)57/h14-15,21-26,31,58H,7-13,16-20H2,1-6H3,(H,40,50)(H,41,51)(H,42,55)(H,43,56). The van der Waals surface area contributed by atoms with E-state index in [0.29, 0.717) is 0 Å². The summed E-state index contributed by atoms with van der Waals surface area (Å²) in [5.41, 5.74) is 0. The molecule has 0 aromatic heterocycles. The fourth-order valence-corrected chi connectivity index (χ4v) is 6.32. The van der Waals surface area contributed by atoms with Gasteiger partial charge in [-0.1, -0.05) is 13.8 Å². The summed E-state index contributed by atoms with van der Waals surface area (Å²) in [6.45, 7) is 9.10. The number of ketones is 4. The number of Topliss-reactive ketones (excluding diaryl/α,β-unsaturated/α-hetero) is 4. The third-order valence-corrected chi connectivity index (χ3v) is 10.3. The molecule has 2 heterocycles. The molecule has 1 saturated heterocycles. The van der Waals surface area contributed by atoms with Crippen LogP contribution in [0.3, 0.4) is 0 Å². The summed E-state index contributed by atoms with van der Waals surface area (Å²) in [5, 5.41) is 9.55. The van der Waals surface area contributed by atoms with Crippen molar-refractivity contribution in [1.82, 2.24) is 31.1 Å². The number of hydrogen-bond acceptors (Lipinski definition) is 13. The van der Waals surface area contributed by atoms with E-state index >= 15 is 0 Å². The number of carbonyl (C=O) groups excluding carboxylic acids is 12. The Balaban J connectivity index is 1.63. The lowest BCUT2D eigenvalue weighted by molar-refractivity contribution is -0.139. The first-order valence-corrected chi connectivity index (χ1v) is 20.0. The van der Waals surface area contributed by atoms with Gasteiger partial charge in [0.1, 0.15) is 0 Å². The minimum atomic E-state index is -0.933. The fourth-order valence-electron chi connectivity index (χ4n) is 6.02. The zero-order valence-corrected chi connectivity index (χ0v) is 34.8. The summed E-state index contributed by atoms with van der Waals surface area (Å²) >= 11 is 4.06. The molecular formula is C39H56N6O12S. The second-order valence-corrected chi connectivity index (χ2v) is 15.6. The van der Waals surface area contributed by atoms with Crippen LogP contribution in [0.25, 0.3) is 0 Å². The number of rotatable bonds is 26. The Bertz CT molecular complexity index is 1660. The van der Waals surface area contributed by atoms with Crippen LogP contribution >= 0.6 is 12.6 Å². The topological polar surface area (TPSA) is 259 Å². The molecule has 0 aromatic carbocycles. The molecule has 58 heavy (non-hydrogen) atoms. The predicted molar refractivity (Wildman–Crippen MR) is 210 cm³/mol. The molecule has 8 amide bonds. The van der Waals surface area contributed by atoms with Crippen molar-refractivity contribution >= 4 is 83.0 Å².